The lowest BCUT2D eigenvalue weighted by Crippen LogP contribution is -2.49. The predicted octanol–water partition coefficient (Wildman–Crippen LogP) is 0.398. The van der Waals surface area contributed by atoms with E-state index in [9.17, 15) is 9.90 Å². The van der Waals surface area contributed by atoms with E-state index in [0.29, 0.717) is 13.1 Å². The van der Waals surface area contributed by atoms with Crippen molar-refractivity contribution in [1.82, 2.24) is 15.5 Å². The van der Waals surface area contributed by atoms with Crippen LogP contribution in [-0.2, 0) is 0 Å². The van der Waals surface area contributed by atoms with E-state index in [0.717, 1.165) is 12.8 Å². The standard InChI is InChI=1S/C11H25N3O2/c1-5-6-7-12-10(15)13-8-11(2,16)9-14(3)4/h16H,5-9H2,1-4H3,(H2,12,13,15). The third-order valence-electron chi connectivity index (χ3n) is 2.10. The smallest absolute Gasteiger partial charge is 0.314 e. The second-order valence-corrected chi connectivity index (χ2v) is 4.70. The molecule has 1 unspecified atom stereocenters. The van der Waals surface area contributed by atoms with Crippen LogP contribution in [-0.4, -0.2) is 55.4 Å². The minimum atomic E-state index is -0.897. The summed E-state index contributed by atoms with van der Waals surface area (Å²) < 4.78 is 0. The molecule has 0 aromatic carbocycles. The predicted molar refractivity (Wildman–Crippen MR) is 65.5 cm³/mol. The molecule has 0 aliphatic rings. The van der Waals surface area contributed by atoms with Gasteiger partial charge in [-0.25, -0.2) is 4.79 Å². The van der Waals surface area contributed by atoms with Gasteiger partial charge in [0, 0.05) is 19.6 Å². The number of amides is 2. The van der Waals surface area contributed by atoms with Crippen LogP contribution >= 0.6 is 0 Å². The van der Waals surface area contributed by atoms with Gasteiger partial charge in [0.1, 0.15) is 0 Å². The van der Waals surface area contributed by atoms with Crippen molar-refractivity contribution in [3.63, 3.8) is 0 Å². The number of carbonyl (C=O) groups is 1. The highest BCUT2D eigenvalue weighted by molar-refractivity contribution is 5.73. The van der Waals surface area contributed by atoms with Crippen LogP contribution in [0.2, 0.25) is 0 Å². The molecule has 2 amide bonds. The number of rotatable bonds is 7. The van der Waals surface area contributed by atoms with Crippen molar-refractivity contribution in [2.75, 3.05) is 33.7 Å². The fourth-order valence-corrected chi connectivity index (χ4v) is 1.45. The summed E-state index contributed by atoms with van der Waals surface area (Å²) in [7, 11) is 3.77. The minimum Gasteiger partial charge on any atom is -0.387 e. The maximum absolute atomic E-state index is 11.3. The van der Waals surface area contributed by atoms with E-state index in [2.05, 4.69) is 17.6 Å². The first kappa shape index (κ1) is 15.2. The van der Waals surface area contributed by atoms with Crippen LogP contribution in [0, 0.1) is 0 Å². The average Bonchev–Trinajstić information content (AvgIpc) is 2.13. The second kappa shape index (κ2) is 7.46. The van der Waals surface area contributed by atoms with E-state index in [1.165, 1.54) is 0 Å². The first-order valence-corrected chi connectivity index (χ1v) is 5.76. The molecule has 5 nitrogen and oxygen atoms in total. The van der Waals surface area contributed by atoms with Crippen molar-refractivity contribution in [3.8, 4) is 0 Å². The Bertz CT molecular complexity index is 205. The number of unbranched alkanes of at least 4 members (excludes halogenated alkanes) is 1. The maximum Gasteiger partial charge on any atom is 0.314 e. The summed E-state index contributed by atoms with van der Waals surface area (Å²) >= 11 is 0. The summed E-state index contributed by atoms with van der Waals surface area (Å²) in [5.74, 6) is 0. The quantitative estimate of drug-likeness (QED) is 0.556. The molecule has 0 radical (unpaired) electrons. The van der Waals surface area contributed by atoms with E-state index in [1.807, 2.05) is 19.0 Å². The van der Waals surface area contributed by atoms with Gasteiger partial charge in [0.15, 0.2) is 0 Å². The van der Waals surface area contributed by atoms with Crippen molar-refractivity contribution in [2.24, 2.45) is 0 Å². The van der Waals surface area contributed by atoms with E-state index in [4.69, 9.17) is 0 Å². The zero-order chi connectivity index (χ0) is 12.6. The molecule has 0 heterocycles. The normalized spacial score (nSPS) is 14.6. The maximum atomic E-state index is 11.3. The van der Waals surface area contributed by atoms with Crippen molar-refractivity contribution < 1.29 is 9.90 Å². The Morgan fingerprint density at radius 2 is 2.00 bits per heavy atom. The van der Waals surface area contributed by atoms with Crippen LogP contribution in [0.5, 0.6) is 0 Å². The summed E-state index contributed by atoms with van der Waals surface area (Å²) in [4.78, 5) is 13.2. The molecule has 0 saturated carbocycles. The van der Waals surface area contributed by atoms with Crippen molar-refractivity contribution >= 4 is 6.03 Å². The first-order valence-electron chi connectivity index (χ1n) is 5.76. The molecule has 0 spiro atoms. The number of hydrogen-bond donors (Lipinski definition) is 3. The highest BCUT2D eigenvalue weighted by Gasteiger charge is 2.21. The molecular formula is C11H25N3O2. The molecule has 3 N–H and O–H groups in total. The molecule has 0 aromatic heterocycles. The number of nitrogens with zero attached hydrogens (tertiary/aromatic N) is 1. The molecule has 0 aliphatic heterocycles. The van der Waals surface area contributed by atoms with Crippen LogP contribution in [0.1, 0.15) is 26.7 Å². The van der Waals surface area contributed by atoms with E-state index < -0.39 is 5.60 Å². The van der Waals surface area contributed by atoms with Gasteiger partial charge in [0.05, 0.1) is 5.60 Å². The number of likely N-dealkylation sites (N-methyl/N-ethyl adjacent to an activating group) is 1. The summed E-state index contributed by atoms with van der Waals surface area (Å²) in [6, 6.07) is -0.215. The van der Waals surface area contributed by atoms with Crippen LogP contribution in [0.4, 0.5) is 4.79 Å². The van der Waals surface area contributed by atoms with E-state index in [-0.39, 0.29) is 12.6 Å². The summed E-state index contributed by atoms with van der Waals surface area (Å²) in [5, 5.41) is 15.3. The molecular weight excluding hydrogens is 206 g/mol. The number of aliphatic hydroxyl groups is 1. The van der Waals surface area contributed by atoms with Crippen LogP contribution in [0.3, 0.4) is 0 Å². The molecule has 96 valence electrons. The highest BCUT2D eigenvalue weighted by atomic mass is 16.3. The van der Waals surface area contributed by atoms with Crippen LogP contribution < -0.4 is 10.6 Å². The van der Waals surface area contributed by atoms with Gasteiger partial charge in [-0.2, -0.15) is 0 Å². The van der Waals surface area contributed by atoms with Gasteiger partial charge >= 0.3 is 6.03 Å². The van der Waals surface area contributed by atoms with Gasteiger partial charge in [-0.1, -0.05) is 13.3 Å². The Kier molecular flexibility index (Phi) is 7.08. The van der Waals surface area contributed by atoms with Crippen molar-refractivity contribution in [1.29, 1.82) is 0 Å². The lowest BCUT2D eigenvalue weighted by atomic mass is 10.1. The fourth-order valence-electron chi connectivity index (χ4n) is 1.45. The number of urea groups is 1. The number of hydrogen-bond acceptors (Lipinski definition) is 3. The zero-order valence-electron chi connectivity index (χ0n) is 10.8. The molecule has 0 aromatic rings. The Balaban J connectivity index is 3.72. The molecule has 16 heavy (non-hydrogen) atoms. The summed E-state index contributed by atoms with van der Waals surface area (Å²) in [5.41, 5.74) is -0.897. The van der Waals surface area contributed by atoms with Gasteiger partial charge < -0.3 is 20.6 Å². The van der Waals surface area contributed by atoms with Gasteiger partial charge in [-0.15, -0.1) is 0 Å². The van der Waals surface area contributed by atoms with Gasteiger partial charge in [-0.05, 0) is 27.4 Å². The number of carbonyl (C=O) groups excluding carboxylic acids is 1. The topological polar surface area (TPSA) is 64.6 Å². The highest BCUT2D eigenvalue weighted by Crippen LogP contribution is 2.02. The molecule has 0 rings (SSSR count). The summed E-state index contributed by atoms with van der Waals surface area (Å²) in [6.07, 6.45) is 2.03. The number of nitrogens with one attached hydrogen (secondary N) is 2. The summed E-state index contributed by atoms with van der Waals surface area (Å²) in [6.45, 7) is 5.23. The van der Waals surface area contributed by atoms with Crippen molar-refractivity contribution in [2.45, 2.75) is 32.3 Å². The van der Waals surface area contributed by atoms with Crippen LogP contribution in [0.25, 0.3) is 0 Å². The zero-order valence-corrected chi connectivity index (χ0v) is 10.8. The Morgan fingerprint density at radius 3 is 2.50 bits per heavy atom. The SMILES string of the molecule is CCCCNC(=O)NCC(C)(O)CN(C)C. The third-order valence-corrected chi connectivity index (χ3v) is 2.10. The fraction of sp³-hybridized carbons (Fsp3) is 0.909. The molecule has 5 heteroatoms. The molecule has 0 aliphatic carbocycles. The van der Waals surface area contributed by atoms with Gasteiger partial charge in [-0.3, -0.25) is 0 Å². The third kappa shape index (κ3) is 8.49. The second-order valence-electron chi connectivity index (χ2n) is 4.70. The average molecular weight is 231 g/mol. The Morgan fingerprint density at radius 1 is 1.38 bits per heavy atom. The molecule has 0 fully saturated rings. The Hall–Kier alpha value is -0.810. The first-order chi connectivity index (χ1) is 7.37. The van der Waals surface area contributed by atoms with Gasteiger partial charge in [0.2, 0.25) is 0 Å². The lowest BCUT2D eigenvalue weighted by Gasteiger charge is -2.27. The van der Waals surface area contributed by atoms with E-state index >= 15 is 0 Å². The molecule has 1 atom stereocenters. The lowest BCUT2D eigenvalue weighted by molar-refractivity contribution is 0.0360. The monoisotopic (exact) mass is 231 g/mol. The minimum absolute atomic E-state index is 0.215. The van der Waals surface area contributed by atoms with Crippen molar-refractivity contribution in [3.05, 3.63) is 0 Å². The van der Waals surface area contributed by atoms with Gasteiger partial charge in [0.25, 0.3) is 0 Å². The Labute approximate surface area is 98.2 Å². The largest absolute Gasteiger partial charge is 0.387 e. The molecule has 0 saturated heterocycles. The van der Waals surface area contributed by atoms with E-state index in [1.54, 1.807) is 6.92 Å². The van der Waals surface area contributed by atoms with Crippen LogP contribution in [0.15, 0.2) is 0 Å². The molecule has 0 bridgehead atoms.